The lowest BCUT2D eigenvalue weighted by molar-refractivity contribution is 0.467. The first-order valence-electron chi connectivity index (χ1n) is 8.01. The van der Waals surface area contributed by atoms with E-state index in [0.29, 0.717) is 11.1 Å². The molecule has 2 heteroatoms. The van der Waals surface area contributed by atoms with Crippen LogP contribution in [-0.4, -0.2) is 10.2 Å². The Kier molecular flexibility index (Phi) is 3.20. The second-order valence-electron chi connectivity index (χ2n) is 6.20. The van der Waals surface area contributed by atoms with Gasteiger partial charge in [-0.05, 0) is 52.6 Å². The largest absolute Gasteiger partial charge is 0.507 e. The van der Waals surface area contributed by atoms with Gasteiger partial charge in [-0.2, -0.15) is 0 Å². The first-order chi connectivity index (χ1) is 11.6. The summed E-state index contributed by atoms with van der Waals surface area (Å²) in [5, 5.41) is 25.5. The number of rotatable bonds is 1. The van der Waals surface area contributed by atoms with Crippen LogP contribution in [-0.2, 0) is 0 Å². The van der Waals surface area contributed by atoms with Crippen molar-refractivity contribution in [1.29, 1.82) is 0 Å². The van der Waals surface area contributed by atoms with Crippen molar-refractivity contribution in [3.05, 3.63) is 71.8 Å². The SMILES string of the molecule is Cc1c(O)c(-c2c(O)ccc3ccccc23)c2ccccc2c1C. The van der Waals surface area contributed by atoms with E-state index in [1.165, 1.54) is 0 Å². The lowest BCUT2D eigenvalue weighted by atomic mass is 9.88. The number of aryl methyl sites for hydroxylation is 1. The molecule has 0 fully saturated rings. The van der Waals surface area contributed by atoms with Crippen LogP contribution in [0.5, 0.6) is 11.5 Å². The van der Waals surface area contributed by atoms with Gasteiger partial charge in [-0.25, -0.2) is 0 Å². The summed E-state index contributed by atoms with van der Waals surface area (Å²) in [6.45, 7) is 3.94. The summed E-state index contributed by atoms with van der Waals surface area (Å²) in [6.07, 6.45) is 0. The first-order valence-corrected chi connectivity index (χ1v) is 8.01. The lowest BCUT2D eigenvalue weighted by Gasteiger charge is -2.18. The summed E-state index contributed by atoms with van der Waals surface area (Å²) in [5.74, 6) is 0.412. The maximum absolute atomic E-state index is 10.9. The fraction of sp³-hybridized carbons (Fsp3) is 0.0909. The van der Waals surface area contributed by atoms with Crippen molar-refractivity contribution in [3.8, 4) is 22.6 Å². The van der Waals surface area contributed by atoms with Gasteiger partial charge in [0.2, 0.25) is 0 Å². The van der Waals surface area contributed by atoms with Gasteiger partial charge in [-0.15, -0.1) is 0 Å². The molecular weight excluding hydrogens is 296 g/mol. The van der Waals surface area contributed by atoms with Gasteiger partial charge in [0, 0.05) is 11.1 Å². The number of aromatic hydroxyl groups is 2. The van der Waals surface area contributed by atoms with E-state index in [1.807, 2.05) is 62.4 Å². The molecule has 0 amide bonds. The molecule has 118 valence electrons. The molecule has 0 saturated carbocycles. The maximum Gasteiger partial charge on any atom is 0.127 e. The van der Waals surface area contributed by atoms with Crippen molar-refractivity contribution < 1.29 is 10.2 Å². The fourth-order valence-electron chi connectivity index (χ4n) is 3.50. The van der Waals surface area contributed by atoms with Crippen LogP contribution < -0.4 is 0 Å². The molecule has 0 aliphatic heterocycles. The van der Waals surface area contributed by atoms with E-state index in [2.05, 4.69) is 6.07 Å². The number of phenolic OH excluding ortho intramolecular Hbond substituents is 2. The summed E-state index contributed by atoms with van der Waals surface area (Å²) in [5.41, 5.74) is 3.29. The zero-order valence-corrected chi connectivity index (χ0v) is 13.7. The number of benzene rings is 4. The van der Waals surface area contributed by atoms with Crippen LogP contribution in [0.3, 0.4) is 0 Å². The molecule has 24 heavy (non-hydrogen) atoms. The molecule has 0 unspecified atom stereocenters. The molecule has 0 heterocycles. The van der Waals surface area contributed by atoms with Crippen molar-refractivity contribution in [1.82, 2.24) is 0 Å². The molecule has 4 rings (SSSR count). The van der Waals surface area contributed by atoms with Crippen molar-refractivity contribution in [3.63, 3.8) is 0 Å². The van der Waals surface area contributed by atoms with E-state index in [1.54, 1.807) is 6.07 Å². The van der Waals surface area contributed by atoms with E-state index in [-0.39, 0.29) is 11.5 Å². The molecule has 0 aliphatic carbocycles. The first kappa shape index (κ1) is 14.6. The van der Waals surface area contributed by atoms with Gasteiger partial charge in [-0.3, -0.25) is 0 Å². The van der Waals surface area contributed by atoms with E-state index in [0.717, 1.165) is 32.7 Å². The van der Waals surface area contributed by atoms with Crippen LogP contribution in [0.2, 0.25) is 0 Å². The minimum atomic E-state index is 0.178. The molecule has 2 nitrogen and oxygen atoms in total. The molecule has 0 aromatic heterocycles. The number of fused-ring (bicyclic) bond motifs is 2. The highest BCUT2D eigenvalue weighted by Crippen LogP contribution is 2.46. The Morgan fingerprint density at radius 3 is 1.96 bits per heavy atom. The van der Waals surface area contributed by atoms with Gasteiger partial charge in [0.15, 0.2) is 0 Å². The Morgan fingerprint density at radius 2 is 1.21 bits per heavy atom. The number of hydrogen-bond acceptors (Lipinski definition) is 2. The number of phenols is 2. The zero-order valence-electron chi connectivity index (χ0n) is 13.7. The Balaban J connectivity index is 2.26. The topological polar surface area (TPSA) is 40.5 Å². The molecule has 4 aromatic rings. The normalized spacial score (nSPS) is 11.2. The lowest BCUT2D eigenvalue weighted by Crippen LogP contribution is -1.92. The molecular formula is C22H18O2. The molecule has 4 aromatic carbocycles. The van der Waals surface area contributed by atoms with Crippen molar-refractivity contribution in [2.75, 3.05) is 0 Å². The van der Waals surface area contributed by atoms with Crippen LogP contribution in [0.1, 0.15) is 11.1 Å². The average Bonchev–Trinajstić information content (AvgIpc) is 2.62. The van der Waals surface area contributed by atoms with Gasteiger partial charge < -0.3 is 10.2 Å². The molecule has 0 saturated heterocycles. The summed E-state index contributed by atoms with van der Waals surface area (Å²) >= 11 is 0. The molecule has 0 radical (unpaired) electrons. The predicted octanol–water partition coefficient (Wildman–Crippen LogP) is 5.69. The highest BCUT2D eigenvalue weighted by molar-refractivity contribution is 6.10. The molecule has 2 N–H and O–H groups in total. The summed E-state index contributed by atoms with van der Waals surface area (Å²) in [4.78, 5) is 0. The second-order valence-corrected chi connectivity index (χ2v) is 6.20. The molecule has 0 spiro atoms. The fourth-order valence-corrected chi connectivity index (χ4v) is 3.50. The van der Waals surface area contributed by atoms with Crippen LogP contribution in [0.25, 0.3) is 32.7 Å². The van der Waals surface area contributed by atoms with Crippen LogP contribution in [0, 0.1) is 13.8 Å². The monoisotopic (exact) mass is 314 g/mol. The van der Waals surface area contributed by atoms with Crippen molar-refractivity contribution in [2.45, 2.75) is 13.8 Å². The van der Waals surface area contributed by atoms with E-state index in [9.17, 15) is 10.2 Å². The standard InChI is InChI=1S/C22H18O2/c1-13-14(2)22(24)21(18-10-6-5-8-16(13)18)20-17-9-4-3-7-15(17)11-12-19(20)23/h3-12,23-24H,1-2H3. The van der Waals surface area contributed by atoms with Crippen LogP contribution in [0.4, 0.5) is 0 Å². The highest BCUT2D eigenvalue weighted by Gasteiger charge is 2.19. The molecule has 0 aliphatic rings. The third-order valence-electron chi connectivity index (χ3n) is 4.91. The van der Waals surface area contributed by atoms with E-state index < -0.39 is 0 Å². The van der Waals surface area contributed by atoms with Gasteiger partial charge in [0.25, 0.3) is 0 Å². The Labute approximate surface area is 140 Å². The smallest absolute Gasteiger partial charge is 0.127 e. The van der Waals surface area contributed by atoms with Crippen LogP contribution >= 0.6 is 0 Å². The Bertz CT molecular complexity index is 1090. The van der Waals surface area contributed by atoms with Gasteiger partial charge in [-0.1, -0.05) is 54.6 Å². The van der Waals surface area contributed by atoms with E-state index >= 15 is 0 Å². The van der Waals surface area contributed by atoms with Gasteiger partial charge in [0.1, 0.15) is 11.5 Å². The van der Waals surface area contributed by atoms with E-state index in [4.69, 9.17) is 0 Å². The predicted molar refractivity (Wildman–Crippen MR) is 99.7 cm³/mol. The summed E-state index contributed by atoms with van der Waals surface area (Å²) in [6, 6.07) is 19.5. The minimum Gasteiger partial charge on any atom is -0.507 e. The quantitative estimate of drug-likeness (QED) is 0.474. The van der Waals surface area contributed by atoms with Crippen molar-refractivity contribution >= 4 is 21.5 Å². The number of hydrogen-bond donors (Lipinski definition) is 2. The average molecular weight is 314 g/mol. The third-order valence-corrected chi connectivity index (χ3v) is 4.91. The molecule has 0 atom stereocenters. The Morgan fingerprint density at radius 1 is 0.583 bits per heavy atom. The summed E-state index contributed by atoms with van der Waals surface area (Å²) < 4.78 is 0. The van der Waals surface area contributed by atoms with Crippen molar-refractivity contribution in [2.24, 2.45) is 0 Å². The summed E-state index contributed by atoms with van der Waals surface area (Å²) in [7, 11) is 0. The third kappa shape index (κ3) is 1.96. The highest BCUT2D eigenvalue weighted by atomic mass is 16.3. The Hall–Kier alpha value is -3.00. The zero-order chi connectivity index (χ0) is 16.8. The minimum absolute atomic E-state index is 0.178. The maximum atomic E-state index is 10.9. The van der Waals surface area contributed by atoms with Crippen LogP contribution in [0.15, 0.2) is 60.7 Å². The van der Waals surface area contributed by atoms with Gasteiger partial charge >= 0.3 is 0 Å². The second kappa shape index (κ2) is 5.27. The van der Waals surface area contributed by atoms with Gasteiger partial charge in [0.05, 0.1) is 0 Å². The molecule has 0 bridgehead atoms.